The smallest absolute Gasteiger partial charge is 0.257 e. The largest absolute Gasteiger partial charge is 0.496 e. The summed E-state index contributed by atoms with van der Waals surface area (Å²) in [6.07, 6.45) is 4.53. The van der Waals surface area contributed by atoms with Gasteiger partial charge in [0.15, 0.2) is 0 Å². The highest BCUT2D eigenvalue weighted by Gasteiger charge is 2.31. The summed E-state index contributed by atoms with van der Waals surface area (Å²) in [4.78, 5) is 28.9. The lowest BCUT2D eigenvalue weighted by Crippen LogP contribution is -2.45. The maximum Gasteiger partial charge on any atom is 0.257 e. The third-order valence-electron chi connectivity index (χ3n) is 4.85. The first kappa shape index (κ1) is 19.5. The number of halogens is 1. The van der Waals surface area contributed by atoms with Crippen LogP contribution in [-0.4, -0.2) is 48.9 Å². The highest BCUT2D eigenvalue weighted by Crippen LogP contribution is 2.26. The fourth-order valence-corrected chi connectivity index (χ4v) is 3.86. The first-order chi connectivity index (χ1) is 13.0. The van der Waals surface area contributed by atoms with Crippen molar-refractivity contribution in [3.8, 4) is 5.75 Å². The van der Waals surface area contributed by atoms with Gasteiger partial charge in [-0.3, -0.25) is 9.59 Å². The van der Waals surface area contributed by atoms with Crippen molar-refractivity contribution >= 4 is 27.7 Å². The van der Waals surface area contributed by atoms with Gasteiger partial charge in [-0.2, -0.15) is 0 Å². The topological polar surface area (TPSA) is 63.0 Å². The molecule has 2 aromatic rings. The molecule has 0 N–H and O–H groups in total. The average molecular weight is 435 g/mol. The summed E-state index contributed by atoms with van der Waals surface area (Å²) >= 11 is 3.46. The molecule has 1 aliphatic rings. The van der Waals surface area contributed by atoms with Gasteiger partial charge < -0.3 is 19.0 Å². The molecule has 1 aromatic heterocycles. The number of piperidine rings is 1. The van der Waals surface area contributed by atoms with E-state index < -0.39 is 0 Å². The standard InChI is InChI=1S/C20H23BrN2O4/c1-22(11-16-10-17(21)5-6-18(16)26-2)19(24)14-4-3-8-23(12-14)20(25)15-7-9-27-13-15/h5-7,9-10,13-14H,3-4,8,11-12H2,1-2H3/t14-/m0/s1. The van der Waals surface area contributed by atoms with Crippen LogP contribution in [0.15, 0.2) is 45.7 Å². The molecule has 144 valence electrons. The Labute approximate surface area is 167 Å². The number of ether oxygens (including phenoxy) is 1. The van der Waals surface area contributed by atoms with Crippen LogP contribution in [0, 0.1) is 5.92 Å². The van der Waals surface area contributed by atoms with Crippen LogP contribution >= 0.6 is 15.9 Å². The predicted molar refractivity (Wildman–Crippen MR) is 105 cm³/mol. The van der Waals surface area contributed by atoms with Gasteiger partial charge in [-0.1, -0.05) is 15.9 Å². The molecule has 2 amide bonds. The Hall–Kier alpha value is -2.28. The van der Waals surface area contributed by atoms with Gasteiger partial charge >= 0.3 is 0 Å². The second-order valence-electron chi connectivity index (χ2n) is 6.75. The van der Waals surface area contributed by atoms with Crippen LogP contribution < -0.4 is 4.74 Å². The second-order valence-corrected chi connectivity index (χ2v) is 7.67. The van der Waals surface area contributed by atoms with Crippen LogP contribution in [0.3, 0.4) is 0 Å². The summed E-state index contributed by atoms with van der Waals surface area (Å²) < 4.78 is 11.3. The molecular formula is C20H23BrN2O4. The molecule has 1 aromatic carbocycles. The average Bonchev–Trinajstić information content (AvgIpc) is 3.22. The van der Waals surface area contributed by atoms with E-state index in [4.69, 9.17) is 9.15 Å². The summed E-state index contributed by atoms with van der Waals surface area (Å²) in [5, 5.41) is 0. The zero-order valence-corrected chi connectivity index (χ0v) is 17.1. The van der Waals surface area contributed by atoms with Crippen LogP contribution in [0.25, 0.3) is 0 Å². The summed E-state index contributed by atoms with van der Waals surface area (Å²) in [5.74, 6) is 0.510. The third-order valence-corrected chi connectivity index (χ3v) is 5.35. The molecule has 2 heterocycles. The number of rotatable bonds is 5. The molecule has 0 bridgehead atoms. The first-order valence-electron chi connectivity index (χ1n) is 8.88. The molecule has 1 saturated heterocycles. The molecule has 0 unspecified atom stereocenters. The lowest BCUT2D eigenvalue weighted by atomic mass is 9.96. The Morgan fingerprint density at radius 3 is 2.89 bits per heavy atom. The van der Waals surface area contributed by atoms with Gasteiger partial charge in [-0.25, -0.2) is 0 Å². The van der Waals surface area contributed by atoms with Crippen molar-refractivity contribution in [2.75, 3.05) is 27.2 Å². The second kappa shape index (κ2) is 8.61. The van der Waals surface area contributed by atoms with E-state index >= 15 is 0 Å². The van der Waals surface area contributed by atoms with Crippen molar-refractivity contribution in [3.05, 3.63) is 52.4 Å². The monoisotopic (exact) mass is 434 g/mol. The highest BCUT2D eigenvalue weighted by atomic mass is 79.9. The summed E-state index contributed by atoms with van der Waals surface area (Å²) in [6.45, 7) is 1.55. The Bertz CT molecular complexity index is 806. The number of benzene rings is 1. The van der Waals surface area contributed by atoms with Gasteiger partial charge in [0.2, 0.25) is 5.91 Å². The minimum absolute atomic E-state index is 0.0433. The van der Waals surface area contributed by atoms with E-state index in [-0.39, 0.29) is 17.7 Å². The van der Waals surface area contributed by atoms with E-state index in [1.165, 1.54) is 12.5 Å². The quantitative estimate of drug-likeness (QED) is 0.721. The zero-order valence-electron chi connectivity index (χ0n) is 15.5. The molecule has 3 rings (SSSR count). The zero-order chi connectivity index (χ0) is 19.4. The Balaban J connectivity index is 1.66. The SMILES string of the molecule is COc1ccc(Br)cc1CN(C)C(=O)[C@H]1CCCN(C(=O)c2ccoc2)C1. The maximum absolute atomic E-state index is 13.0. The van der Waals surface area contributed by atoms with Gasteiger partial charge in [-0.05, 0) is 37.1 Å². The van der Waals surface area contributed by atoms with Crippen LogP contribution in [0.2, 0.25) is 0 Å². The third kappa shape index (κ3) is 4.53. The van der Waals surface area contributed by atoms with E-state index in [0.717, 1.165) is 28.6 Å². The molecule has 0 aliphatic carbocycles. The van der Waals surface area contributed by atoms with Crippen molar-refractivity contribution < 1.29 is 18.7 Å². The molecular weight excluding hydrogens is 412 g/mol. The van der Waals surface area contributed by atoms with Crippen molar-refractivity contribution in [2.45, 2.75) is 19.4 Å². The van der Waals surface area contributed by atoms with Crippen LogP contribution in [0.4, 0.5) is 0 Å². The fraction of sp³-hybridized carbons (Fsp3) is 0.400. The number of furan rings is 1. The number of hydrogen-bond donors (Lipinski definition) is 0. The number of likely N-dealkylation sites (tertiary alicyclic amines) is 1. The molecule has 6 nitrogen and oxygen atoms in total. The maximum atomic E-state index is 13.0. The van der Waals surface area contributed by atoms with E-state index in [9.17, 15) is 9.59 Å². The number of carbonyl (C=O) groups is 2. The van der Waals surface area contributed by atoms with Gasteiger partial charge in [-0.15, -0.1) is 0 Å². The van der Waals surface area contributed by atoms with E-state index in [0.29, 0.717) is 25.2 Å². The minimum Gasteiger partial charge on any atom is -0.496 e. The summed E-state index contributed by atoms with van der Waals surface area (Å²) in [7, 11) is 3.41. The Kier molecular flexibility index (Phi) is 6.21. The lowest BCUT2D eigenvalue weighted by Gasteiger charge is -2.34. The molecule has 1 aliphatic heterocycles. The number of carbonyl (C=O) groups excluding carboxylic acids is 2. The first-order valence-corrected chi connectivity index (χ1v) is 9.67. The molecule has 0 radical (unpaired) electrons. The van der Waals surface area contributed by atoms with E-state index in [1.54, 1.807) is 30.0 Å². The fourth-order valence-electron chi connectivity index (χ4n) is 3.45. The number of nitrogens with zero attached hydrogens (tertiary/aromatic N) is 2. The van der Waals surface area contributed by atoms with Gasteiger partial charge in [0, 0.05) is 36.7 Å². The molecule has 0 saturated carbocycles. The van der Waals surface area contributed by atoms with Crippen molar-refractivity contribution in [1.29, 1.82) is 0 Å². The van der Waals surface area contributed by atoms with Crippen molar-refractivity contribution in [2.24, 2.45) is 5.92 Å². The van der Waals surface area contributed by atoms with E-state index in [2.05, 4.69) is 15.9 Å². The number of amides is 2. The van der Waals surface area contributed by atoms with Crippen molar-refractivity contribution in [3.63, 3.8) is 0 Å². The van der Waals surface area contributed by atoms with Crippen molar-refractivity contribution in [1.82, 2.24) is 9.80 Å². The Morgan fingerprint density at radius 2 is 2.19 bits per heavy atom. The minimum atomic E-state index is -0.197. The molecule has 0 spiro atoms. The van der Waals surface area contributed by atoms with Gasteiger partial charge in [0.1, 0.15) is 12.0 Å². The molecule has 7 heteroatoms. The molecule has 27 heavy (non-hydrogen) atoms. The van der Waals surface area contributed by atoms with Crippen LogP contribution in [-0.2, 0) is 11.3 Å². The lowest BCUT2D eigenvalue weighted by molar-refractivity contribution is -0.136. The van der Waals surface area contributed by atoms with Crippen LogP contribution in [0.1, 0.15) is 28.8 Å². The number of methoxy groups -OCH3 is 1. The predicted octanol–water partition coefficient (Wildman–Crippen LogP) is 3.56. The molecule has 1 fully saturated rings. The van der Waals surface area contributed by atoms with Gasteiger partial charge in [0.05, 0.1) is 24.9 Å². The normalized spacial score (nSPS) is 16.9. The van der Waals surface area contributed by atoms with Gasteiger partial charge in [0.25, 0.3) is 5.91 Å². The molecule has 1 atom stereocenters. The Morgan fingerprint density at radius 1 is 1.37 bits per heavy atom. The summed E-state index contributed by atoms with van der Waals surface area (Å²) in [5.41, 5.74) is 1.46. The number of hydrogen-bond acceptors (Lipinski definition) is 4. The van der Waals surface area contributed by atoms with E-state index in [1.807, 2.05) is 18.2 Å². The highest BCUT2D eigenvalue weighted by molar-refractivity contribution is 9.10. The van der Waals surface area contributed by atoms with Crippen LogP contribution in [0.5, 0.6) is 5.75 Å². The summed E-state index contributed by atoms with van der Waals surface area (Å²) in [6, 6.07) is 7.39.